The Kier molecular flexibility index (Phi) is 3.95. The van der Waals surface area contributed by atoms with Crippen molar-refractivity contribution in [2.75, 3.05) is 13.7 Å². The van der Waals surface area contributed by atoms with Gasteiger partial charge in [-0.1, -0.05) is 0 Å². The van der Waals surface area contributed by atoms with E-state index in [0.717, 1.165) is 28.1 Å². The van der Waals surface area contributed by atoms with Crippen LogP contribution in [-0.4, -0.2) is 41.1 Å². The summed E-state index contributed by atoms with van der Waals surface area (Å²) in [4.78, 5) is 28.3. The summed E-state index contributed by atoms with van der Waals surface area (Å²) in [6.07, 6.45) is 4.40. The van der Waals surface area contributed by atoms with E-state index in [1.165, 1.54) is 0 Å². The van der Waals surface area contributed by atoms with E-state index in [2.05, 4.69) is 20.7 Å². The fourth-order valence-electron chi connectivity index (χ4n) is 3.35. The number of nitrogens with zero attached hydrogens (tertiary/aromatic N) is 3. The van der Waals surface area contributed by atoms with Crippen molar-refractivity contribution in [3.05, 3.63) is 30.1 Å². The predicted octanol–water partition coefficient (Wildman–Crippen LogP) is 0.934. The molecule has 1 unspecified atom stereocenters. The molecule has 1 atom stereocenters. The van der Waals surface area contributed by atoms with Gasteiger partial charge in [-0.25, -0.2) is 4.99 Å². The predicted molar refractivity (Wildman–Crippen MR) is 95.3 cm³/mol. The summed E-state index contributed by atoms with van der Waals surface area (Å²) in [5, 5.41) is 9.76. The lowest BCUT2D eigenvalue weighted by molar-refractivity contribution is -0.125. The van der Waals surface area contributed by atoms with E-state index in [1.54, 1.807) is 18.0 Å². The normalized spacial score (nSPS) is 18.3. The number of carbonyl (C=O) groups is 2. The molecule has 2 amide bonds. The van der Waals surface area contributed by atoms with Crippen LogP contribution in [0.5, 0.6) is 5.75 Å². The molecule has 2 aromatic rings. The van der Waals surface area contributed by atoms with Crippen molar-refractivity contribution < 1.29 is 14.3 Å². The van der Waals surface area contributed by atoms with Gasteiger partial charge in [-0.2, -0.15) is 5.10 Å². The van der Waals surface area contributed by atoms with E-state index in [4.69, 9.17) is 4.74 Å². The number of hydrogen-bond donors (Lipinski definition) is 2. The molecule has 1 saturated heterocycles. The summed E-state index contributed by atoms with van der Waals surface area (Å²) < 4.78 is 7.19. The number of amides is 2. The standard InChI is InChI=1S/C18H19N5O3/c1-23-9-11(8-20-23)12-3-4-14(26-2)13-6-15(21-17(12)13)22-18(25)10-5-16(24)19-7-10/h3-4,8-10H,5-7H2,1-2H3,(H,19,24)(H,21,22,25). The molecule has 8 heteroatoms. The smallest absolute Gasteiger partial charge is 0.230 e. The number of hydrogen-bond acceptors (Lipinski definition) is 5. The first-order valence-corrected chi connectivity index (χ1v) is 8.39. The summed E-state index contributed by atoms with van der Waals surface area (Å²) in [5.74, 6) is 0.671. The highest BCUT2D eigenvalue weighted by Crippen LogP contribution is 2.41. The zero-order chi connectivity index (χ0) is 18.3. The van der Waals surface area contributed by atoms with Crippen molar-refractivity contribution in [1.29, 1.82) is 0 Å². The molecule has 0 aliphatic carbocycles. The van der Waals surface area contributed by atoms with E-state index in [-0.39, 0.29) is 24.2 Å². The van der Waals surface area contributed by atoms with Gasteiger partial charge < -0.3 is 15.4 Å². The Balaban J connectivity index is 1.63. The van der Waals surface area contributed by atoms with Gasteiger partial charge in [0, 0.05) is 49.3 Å². The van der Waals surface area contributed by atoms with Gasteiger partial charge in [0.15, 0.2) is 0 Å². The van der Waals surface area contributed by atoms with Crippen LogP contribution in [0.1, 0.15) is 12.0 Å². The zero-order valence-corrected chi connectivity index (χ0v) is 14.6. The van der Waals surface area contributed by atoms with Gasteiger partial charge in [0.1, 0.15) is 11.6 Å². The molecule has 1 aromatic carbocycles. The Morgan fingerprint density at radius 3 is 2.92 bits per heavy atom. The number of fused-ring (bicyclic) bond motifs is 1. The van der Waals surface area contributed by atoms with Gasteiger partial charge in [-0.3, -0.25) is 14.3 Å². The van der Waals surface area contributed by atoms with E-state index in [1.807, 2.05) is 25.4 Å². The molecule has 3 heterocycles. The first-order valence-electron chi connectivity index (χ1n) is 8.39. The second-order valence-electron chi connectivity index (χ2n) is 6.47. The number of nitrogens with one attached hydrogen (secondary N) is 2. The third-order valence-electron chi connectivity index (χ3n) is 4.68. The molecule has 1 fully saturated rings. The van der Waals surface area contributed by atoms with Crippen LogP contribution >= 0.6 is 0 Å². The molecule has 26 heavy (non-hydrogen) atoms. The van der Waals surface area contributed by atoms with Gasteiger partial charge in [-0.15, -0.1) is 0 Å². The number of aliphatic imine (C=N–C) groups is 1. The maximum absolute atomic E-state index is 12.4. The van der Waals surface area contributed by atoms with Crippen LogP contribution in [0.15, 0.2) is 29.5 Å². The fraction of sp³-hybridized carbons (Fsp3) is 0.333. The van der Waals surface area contributed by atoms with Crippen LogP contribution in [0.4, 0.5) is 5.69 Å². The minimum Gasteiger partial charge on any atom is -0.496 e. The van der Waals surface area contributed by atoms with Gasteiger partial charge in [0.2, 0.25) is 11.8 Å². The Hall–Kier alpha value is -3.16. The molecule has 2 N–H and O–H groups in total. The summed E-state index contributed by atoms with van der Waals surface area (Å²) in [5.41, 5.74) is 3.61. The van der Waals surface area contributed by atoms with Crippen molar-refractivity contribution >= 4 is 23.3 Å². The van der Waals surface area contributed by atoms with E-state index in [0.29, 0.717) is 18.8 Å². The molecule has 0 radical (unpaired) electrons. The SMILES string of the molecule is COc1ccc(-c2cnn(C)c2)c2c1CC(NC(=O)C1CNC(=O)C1)=N2. The maximum Gasteiger partial charge on any atom is 0.230 e. The summed E-state index contributed by atoms with van der Waals surface area (Å²) in [6.45, 7) is 0.370. The number of methoxy groups -OCH3 is 1. The zero-order valence-electron chi connectivity index (χ0n) is 14.6. The summed E-state index contributed by atoms with van der Waals surface area (Å²) >= 11 is 0. The number of amidine groups is 1. The molecule has 134 valence electrons. The summed E-state index contributed by atoms with van der Waals surface area (Å²) in [6, 6.07) is 3.85. The lowest BCUT2D eigenvalue weighted by atomic mass is 10.0. The Labute approximate surface area is 150 Å². The summed E-state index contributed by atoms with van der Waals surface area (Å²) in [7, 11) is 3.48. The van der Waals surface area contributed by atoms with E-state index in [9.17, 15) is 9.59 Å². The topological polar surface area (TPSA) is 97.6 Å². The number of carbonyl (C=O) groups excluding carboxylic acids is 2. The first kappa shape index (κ1) is 16.3. The van der Waals surface area contributed by atoms with Crippen molar-refractivity contribution in [2.45, 2.75) is 12.8 Å². The molecule has 2 aliphatic rings. The molecule has 2 aliphatic heterocycles. The lowest BCUT2D eigenvalue weighted by Crippen LogP contribution is -2.36. The minimum atomic E-state index is -0.353. The highest BCUT2D eigenvalue weighted by atomic mass is 16.5. The lowest BCUT2D eigenvalue weighted by Gasteiger charge is -2.10. The molecule has 1 aromatic heterocycles. The Morgan fingerprint density at radius 1 is 1.42 bits per heavy atom. The van der Waals surface area contributed by atoms with Gasteiger partial charge in [-0.05, 0) is 12.1 Å². The quantitative estimate of drug-likeness (QED) is 0.858. The number of aromatic nitrogens is 2. The van der Waals surface area contributed by atoms with Crippen LogP contribution in [0.3, 0.4) is 0 Å². The molecule has 0 saturated carbocycles. The second-order valence-corrected chi connectivity index (χ2v) is 6.47. The van der Waals surface area contributed by atoms with E-state index < -0.39 is 0 Å². The number of aryl methyl sites for hydroxylation is 1. The van der Waals surface area contributed by atoms with Crippen LogP contribution in [0, 0.1) is 5.92 Å². The number of rotatable bonds is 3. The van der Waals surface area contributed by atoms with Crippen LogP contribution in [0.25, 0.3) is 11.1 Å². The van der Waals surface area contributed by atoms with Gasteiger partial charge in [0.05, 0.1) is 24.9 Å². The first-order chi connectivity index (χ1) is 12.5. The molecule has 4 rings (SSSR count). The maximum atomic E-state index is 12.4. The van der Waals surface area contributed by atoms with Crippen LogP contribution in [-0.2, 0) is 23.1 Å². The van der Waals surface area contributed by atoms with Gasteiger partial charge >= 0.3 is 0 Å². The monoisotopic (exact) mass is 353 g/mol. The molecule has 0 bridgehead atoms. The number of ether oxygens (including phenoxy) is 1. The molecular weight excluding hydrogens is 334 g/mol. The van der Waals surface area contributed by atoms with E-state index >= 15 is 0 Å². The van der Waals surface area contributed by atoms with Crippen molar-refractivity contribution in [1.82, 2.24) is 20.4 Å². The highest BCUT2D eigenvalue weighted by molar-refractivity contribution is 6.06. The largest absolute Gasteiger partial charge is 0.496 e. The number of benzene rings is 1. The van der Waals surface area contributed by atoms with Crippen LogP contribution < -0.4 is 15.4 Å². The Morgan fingerprint density at radius 2 is 2.27 bits per heavy atom. The fourth-order valence-corrected chi connectivity index (χ4v) is 3.35. The Bertz CT molecular complexity index is 931. The average Bonchev–Trinajstić information content (AvgIpc) is 3.33. The second kappa shape index (κ2) is 6.29. The highest BCUT2D eigenvalue weighted by Gasteiger charge is 2.30. The van der Waals surface area contributed by atoms with Crippen molar-refractivity contribution in [2.24, 2.45) is 18.0 Å². The van der Waals surface area contributed by atoms with Gasteiger partial charge in [0.25, 0.3) is 0 Å². The van der Waals surface area contributed by atoms with Crippen LogP contribution in [0.2, 0.25) is 0 Å². The third-order valence-corrected chi connectivity index (χ3v) is 4.68. The molecular formula is C18H19N5O3. The van der Waals surface area contributed by atoms with Crippen molar-refractivity contribution in [3.63, 3.8) is 0 Å². The third kappa shape index (κ3) is 2.83. The molecule has 8 nitrogen and oxygen atoms in total. The molecule has 0 spiro atoms. The average molecular weight is 353 g/mol. The van der Waals surface area contributed by atoms with Crippen molar-refractivity contribution in [3.8, 4) is 16.9 Å². The minimum absolute atomic E-state index is 0.0951.